The molecule has 0 aromatic carbocycles. The van der Waals surface area contributed by atoms with Crippen molar-refractivity contribution in [2.75, 3.05) is 12.5 Å². The number of carbonyl (C=O) groups is 2. The van der Waals surface area contributed by atoms with Gasteiger partial charge in [0.15, 0.2) is 0 Å². The van der Waals surface area contributed by atoms with Crippen LogP contribution in [0.4, 0.5) is 0 Å². The van der Waals surface area contributed by atoms with Gasteiger partial charge < -0.3 is 4.74 Å². The second kappa shape index (κ2) is 8.51. The highest BCUT2D eigenvalue weighted by atomic mass is 35.5. The van der Waals surface area contributed by atoms with Crippen molar-refractivity contribution in [1.29, 1.82) is 0 Å². The lowest BCUT2D eigenvalue weighted by Gasteiger charge is -2.02. The highest BCUT2D eigenvalue weighted by Gasteiger charge is 2.10. The largest absolute Gasteiger partial charge is 0.464 e. The molecule has 1 heterocycles. The molecule has 0 atom stereocenters. The lowest BCUT2D eigenvalue weighted by atomic mass is 10.1. The standard InChI is InChI=1S/C12H14Cl2O3S/c13-5-6-17-12(16)3-1-2-9(15)8-11-10(14)4-7-18-11/h4,7H,1-3,5-6,8H2. The van der Waals surface area contributed by atoms with Gasteiger partial charge in [-0.1, -0.05) is 11.6 Å². The van der Waals surface area contributed by atoms with Gasteiger partial charge in [0.25, 0.3) is 0 Å². The third-order valence-corrected chi connectivity index (χ3v) is 3.77. The first-order valence-corrected chi connectivity index (χ1v) is 7.38. The Morgan fingerprint density at radius 1 is 1.33 bits per heavy atom. The number of esters is 1. The van der Waals surface area contributed by atoms with Crippen molar-refractivity contribution in [3.05, 3.63) is 21.3 Å². The number of halogens is 2. The van der Waals surface area contributed by atoms with E-state index in [4.69, 9.17) is 27.9 Å². The number of alkyl halides is 1. The van der Waals surface area contributed by atoms with Crippen LogP contribution < -0.4 is 0 Å². The van der Waals surface area contributed by atoms with Gasteiger partial charge in [0.05, 0.1) is 10.9 Å². The molecular weight excluding hydrogens is 295 g/mol. The zero-order valence-corrected chi connectivity index (χ0v) is 12.1. The predicted octanol–water partition coefficient (Wildman–Crippen LogP) is 3.47. The van der Waals surface area contributed by atoms with Gasteiger partial charge in [-0.2, -0.15) is 0 Å². The van der Waals surface area contributed by atoms with Crippen molar-refractivity contribution >= 4 is 46.3 Å². The number of thiophene rings is 1. The van der Waals surface area contributed by atoms with Crippen LogP contribution in [0, 0.1) is 0 Å². The minimum atomic E-state index is -0.308. The molecule has 1 rings (SSSR count). The van der Waals surface area contributed by atoms with Crippen LogP contribution in [0.1, 0.15) is 24.1 Å². The Morgan fingerprint density at radius 2 is 2.11 bits per heavy atom. The van der Waals surface area contributed by atoms with E-state index in [1.54, 1.807) is 6.07 Å². The van der Waals surface area contributed by atoms with Crippen LogP contribution in [-0.2, 0) is 20.7 Å². The van der Waals surface area contributed by atoms with E-state index in [2.05, 4.69) is 0 Å². The van der Waals surface area contributed by atoms with Gasteiger partial charge in [-0.3, -0.25) is 9.59 Å². The van der Waals surface area contributed by atoms with E-state index in [1.807, 2.05) is 5.38 Å². The van der Waals surface area contributed by atoms with Crippen molar-refractivity contribution in [3.63, 3.8) is 0 Å². The summed E-state index contributed by atoms with van der Waals surface area (Å²) in [7, 11) is 0. The minimum absolute atomic E-state index is 0.0875. The molecule has 0 aliphatic carbocycles. The number of ether oxygens (including phenoxy) is 1. The maximum atomic E-state index is 11.6. The Balaban J connectivity index is 2.18. The molecule has 6 heteroatoms. The number of hydrogen-bond acceptors (Lipinski definition) is 4. The SMILES string of the molecule is O=C(CCCC(=O)OCCCl)Cc1sccc1Cl. The van der Waals surface area contributed by atoms with Crippen LogP contribution in [0.15, 0.2) is 11.4 Å². The fourth-order valence-electron chi connectivity index (χ4n) is 1.37. The first-order valence-electron chi connectivity index (χ1n) is 5.58. The molecular formula is C12H14Cl2O3S. The molecule has 0 aliphatic heterocycles. The second-order valence-electron chi connectivity index (χ2n) is 3.67. The highest BCUT2D eigenvalue weighted by molar-refractivity contribution is 7.10. The van der Waals surface area contributed by atoms with Crippen LogP contribution in [0.25, 0.3) is 0 Å². The van der Waals surface area contributed by atoms with Gasteiger partial charge >= 0.3 is 5.97 Å². The van der Waals surface area contributed by atoms with E-state index in [1.165, 1.54) is 11.3 Å². The molecule has 0 unspecified atom stereocenters. The molecule has 0 aliphatic rings. The Labute approximate surface area is 120 Å². The summed E-state index contributed by atoms with van der Waals surface area (Å²) in [6.45, 7) is 0.221. The summed E-state index contributed by atoms with van der Waals surface area (Å²) < 4.78 is 4.80. The molecule has 0 spiro atoms. The summed E-state index contributed by atoms with van der Waals surface area (Å²) in [4.78, 5) is 23.7. The summed E-state index contributed by atoms with van der Waals surface area (Å²) >= 11 is 12.7. The van der Waals surface area contributed by atoms with Gasteiger partial charge in [0.2, 0.25) is 0 Å². The van der Waals surface area contributed by atoms with E-state index < -0.39 is 0 Å². The summed E-state index contributed by atoms with van der Waals surface area (Å²) in [6, 6.07) is 1.78. The van der Waals surface area contributed by atoms with Gasteiger partial charge in [-0.15, -0.1) is 22.9 Å². The molecule has 0 amide bonds. The van der Waals surface area contributed by atoms with Gasteiger partial charge in [0, 0.05) is 24.1 Å². The molecule has 0 bridgehead atoms. The van der Waals surface area contributed by atoms with Crippen LogP contribution >= 0.6 is 34.5 Å². The Bertz CT molecular complexity index is 404. The minimum Gasteiger partial charge on any atom is -0.464 e. The lowest BCUT2D eigenvalue weighted by molar-refractivity contribution is -0.143. The van der Waals surface area contributed by atoms with Gasteiger partial charge in [-0.25, -0.2) is 0 Å². The molecule has 18 heavy (non-hydrogen) atoms. The van der Waals surface area contributed by atoms with Crippen molar-refractivity contribution in [1.82, 2.24) is 0 Å². The molecule has 1 aromatic heterocycles. The van der Waals surface area contributed by atoms with Gasteiger partial charge in [0.1, 0.15) is 12.4 Å². The summed E-state index contributed by atoms with van der Waals surface area (Å²) in [6.07, 6.45) is 1.46. The number of Topliss-reactive ketones (excluding diaryl/α,β-unsaturated/α-hetero) is 1. The first-order chi connectivity index (χ1) is 8.63. The number of rotatable bonds is 8. The van der Waals surface area contributed by atoms with Crippen LogP contribution in [0.3, 0.4) is 0 Å². The Kier molecular flexibility index (Phi) is 7.32. The Morgan fingerprint density at radius 3 is 2.72 bits per heavy atom. The topological polar surface area (TPSA) is 43.4 Å². The molecule has 3 nitrogen and oxygen atoms in total. The summed E-state index contributed by atoms with van der Waals surface area (Å²) in [5.74, 6) is 0.0729. The number of carbonyl (C=O) groups excluding carboxylic acids is 2. The highest BCUT2D eigenvalue weighted by Crippen LogP contribution is 2.23. The second-order valence-corrected chi connectivity index (χ2v) is 5.46. The zero-order chi connectivity index (χ0) is 13.4. The van der Waals surface area contributed by atoms with E-state index in [0.717, 1.165) is 4.88 Å². The lowest BCUT2D eigenvalue weighted by Crippen LogP contribution is -2.08. The van der Waals surface area contributed by atoms with Crippen molar-refractivity contribution in [2.45, 2.75) is 25.7 Å². The van der Waals surface area contributed by atoms with Crippen molar-refractivity contribution < 1.29 is 14.3 Å². The average molecular weight is 309 g/mol. The van der Waals surface area contributed by atoms with Crippen molar-refractivity contribution in [2.24, 2.45) is 0 Å². The fourth-order valence-corrected chi connectivity index (χ4v) is 2.58. The molecule has 0 N–H and O–H groups in total. The zero-order valence-electron chi connectivity index (χ0n) is 9.79. The van der Waals surface area contributed by atoms with Crippen molar-refractivity contribution in [3.8, 4) is 0 Å². The smallest absolute Gasteiger partial charge is 0.305 e. The quantitative estimate of drug-likeness (QED) is 0.545. The van der Waals surface area contributed by atoms with E-state index in [9.17, 15) is 9.59 Å². The van der Waals surface area contributed by atoms with E-state index >= 15 is 0 Å². The molecule has 100 valence electrons. The van der Waals surface area contributed by atoms with Gasteiger partial charge in [-0.05, 0) is 17.9 Å². The molecule has 0 saturated carbocycles. The van der Waals surface area contributed by atoms with Crippen LogP contribution in [-0.4, -0.2) is 24.2 Å². The molecule has 0 radical (unpaired) electrons. The van der Waals surface area contributed by atoms with E-state index in [-0.39, 0.29) is 24.8 Å². The number of hydrogen-bond donors (Lipinski definition) is 0. The maximum absolute atomic E-state index is 11.6. The molecule has 0 saturated heterocycles. The Hall–Kier alpha value is -0.580. The third-order valence-electron chi connectivity index (χ3n) is 2.23. The maximum Gasteiger partial charge on any atom is 0.305 e. The predicted molar refractivity (Wildman–Crippen MR) is 73.6 cm³/mol. The van der Waals surface area contributed by atoms with E-state index in [0.29, 0.717) is 30.2 Å². The monoisotopic (exact) mass is 308 g/mol. The number of ketones is 1. The van der Waals surface area contributed by atoms with Crippen LogP contribution in [0.2, 0.25) is 5.02 Å². The van der Waals surface area contributed by atoms with Crippen LogP contribution in [0.5, 0.6) is 0 Å². The molecule has 0 fully saturated rings. The summed E-state index contributed by atoms with van der Waals surface area (Å²) in [5, 5.41) is 2.49. The molecule has 1 aromatic rings. The third kappa shape index (κ3) is 5.85. The fraction of sp³-hybridized carbons (Fsp3) is 0.500. The first kappa shape index (κ1) is 15.5. The summed E-state index contributed by atoms with van der Waals surface area (Å²) in [5.41, 5.74) is 0. The average Bonchev–Trinajstić information content (AvgIpc) is 2.72. The normalized spacial score (nSPS) is 10.3.